The van der Waals surface area contributed by atoms with Crippen LogP contribution in [0.3, 0.4) is 0 Å². The third kappa shape index (κ3) is 3.61. The lowest BCUT2D eigenvalue weighted by molar-refractivity contribution is 0.148. The number of nitrogen functional groups attached to an aromatic ring is 1. The zero-order valence-electron chi connectivity index (χ0n) is 8.69. The predicted octanol–water partition coefficient (Wildman–Crippen LogP) is 1.19. The summed E-state index contributed by atoms with van der Waals surface area (Å²) in [7, 11) is 1.72. The Morgan fingerprint density at radius 1 is 1.64 bits per heavy atom. The topological polar surface area (TPSA) is 51.4 Å². The molecule has 2 N–H and O–H groups in total. The van der Waals surface area contributed by atoms with E-state index >= 15 is 0 Å². The molecule has 0 aliphatic heterocycles. The zero-order chi connectivity index (χ0) is 10.4. The molecule has 1 heterocycles. The number of methoxy groups -OCH3 is 1. The Bertz CT molecular complexity index is 264. The maximum atomic E-state index is 5.56. The first-order valence-corrected chi connectivity index (χ1v) is 5.49. The maximum absolute atomic E-state index is 5.56. The van der Waals surface area contributed by atoms with Crippen molar-refractivity contribution < 1.29 is 4.74 Å². The van der Waals surface area contributed by atoms with Gasteiger partial charge in [0, 0.05) is 31.3 Å². The van der Waals surface area contributed by atoms with Crippen LogP contribution in [0.5, 0.6) is 0 Å². The summed E-state index contributed by atoms with van der Waals surface area (Å²) in [6.45, 7) is 5.78. The summed E-state index contributed by atoms with van der Waals surface area (Å²) < 4.78 is 5.04. The molecule has 0 saturated heterocycles. The number of anilines is 1. The van der Waals surface area contributed by atoms with Crippen molar-refractivity contribution in [2.75, 3.05) is 32.5 Å². The Morgan fingerprint density at radius 2 is 2.43 bits per heavy atom. The highest BCUT2D eigenvalue weighted by molar-refractivity contribution is 7.15. The number of aromatic nitrogens is 1. The van der Waals surface area contributed by atoms with E-state index in [1.165, 1.54) is 4.88 Å². The van der Waals surface area contributed by atoms with Crippen molar-refractivity contribution in [2.24, 2.45) is 0 Å². The molecule has 0 aliphatic carbocycles. The molecule has 0 spiro atoms. The van der Waals surface area contributed by atoms with Crippen LogP contribution < -0.4 is 5.73 Å². The van der Waals surface area contributed by atoms with Crippen LogP contribution in [-0.2, 0) is 11.3 Å². The van der Waals surface area contributed by atoms with Crippen molar-refractivity contribution >= 4 is 16.5 Å². The van der Waals surface area contributed by atoms with Crippen LogP contribution in [0, 0.1) is 0 Å². The first-order valence-electron chi connectivity index (χ1n) is 4.67. The number of nitrogens with zero attached hydrogens (tertiary/aromatic N) is 2. The van der Waals surface area contributed by atoms with Gasteiger partial charge in [0.2, 0.25) is 0 Å². The third-order valence-electron chi connectivity index (χ3n) is 2.01. The van der Waals surface area contributed by atoms with Gasteiger partial charge in [0.25, 0.3) is 0 Å². The van der Waals surface area contributed by atoms with Crippen molar-refractivity contribution in [2.45, 2.75) is 13.5 Å². The highest BCUT2D eigenvalue weighted by Gasteiger charge is 2.05. The van der Waals surface area contributed by atoms with Gasteiger partial charge in [-0.2, -0.15) is 0 Å². The fraction of sp³-hybridized carbons (Fsp3) is 0.667. The van der Waals surface area contributed by atoms with Gasteiger partial charge in [-0.1, -0.05) is 6.92 Å². The van der Waals surface area contributed by atoms with Crippen LogP contribution in [0.1, 0.15) is 11.8 Å². The SMILES string of the molecule is CCN(CCOC)Cc1cnc(N)s1. The first-order chi connectivity index (χ1) is 6.76. The Balaban J connectivity index is 2.40. The highest BCUT2D eigenvalue weighted by Crippen LogP contribution is 2.16. The summed E-state index contributed by atoms with van der Waals surface area (Å²) in [5.41, 5.74) is 5.56. The van der Waals surface area contributed by atoms with Crippen LogP contribution in [0.4, 0.5) is 5.13 Å². The molecule has 5 heteroatoms. The second-order valence-electron chi connectivity index (χ2n) is 3.03. The maximum Gasteiger partial charge on any atom is 0.180 e. The second kappa shape index (κ2) is 5.95. The summed E-state index contributed by atoms with van der Waals surface area (Å²) in [6, 6.07) is 0. The van der Waals surface area contributed by atoms with Crippen LogP contribution in [-0.4, -0.2) is 36.7 Å². The van der Waals surface area contributed by atoms with E-state index in [1.54, 1.807) is 18.4 Å². The van der Waals surface area contributed by atoms with Gasteiger partial charge < -0.3 is 10.5 Å². The summed E-state index contributed by atoms with van der Waals surface area (Å²) in [5.74, 6) is 0. The molecule has 0 atom stereocenters. The number of thiazole rings is 1. The van der Waals surface area contributed by atoms with E-state index in [4.69, 9.17) is 10.5 Å². The smallest absolute Gasteiger partial charge is 0.180 e. The van der Waals surface area contributed by atoms with Crippen LogP contribution in [0.2, 0.25) is 0 Å². The average Bonchev–Trinajstić information content (AvgIpc) is 2.58. The number of hydrogen-bond acceptors (Lipinski definition) is 5. The van der Waals surface area contributed by atoms with Gasteiger partial charge in [-0.05, 0) is 6.54 Å². The number of rotatable bonds is 6. The van der Waals surface area contributed by atoms with E-state index < -0.39 is 0 Å². The molecule has 0 saturated carbocycles. The molecule has 1 aromatic heterocycles. The van der Waals surface area contributed by atoms with Gasteiger partial charge in [0.15, 0.2) is 5.13 Å². The number of likely N-dealkylation sites (N-methyl/N-ethyl adjacent to an activating group) is 1. The van der Waals surface area contributed by atoms with Gasteiger partial charge in [0.05, 0.1) is 6.61 Å². The normalized spacial score (nSPS) is 11.1. The van der Waals surface area contributed by atoms with Crippen LogP contribution in [0.15, 0.2) is 6.20 Å². The quantitative estimate of drug-likeness (QED) is 0.774. The molecule has 0 unspecified atom stereocenters. The van der Waals surface area contributed by atoms with E-state index in [1.807, 2.05) is 6.20 Å². The molecule has 0 bridgehead atoms. The van der Waals surface area contributed by atoms with Crippen molar-refractivity contribution in [3.8, 4) is 0 Å². The predicted molar refractivity (Wildman–Crippen MR) is 59.4 cm³/mol. The minimum Gasteiger partial charge on any atom is -0.383 e. The molecular formula is C9H17N3OS. The van der Waals surface area contributed by atoms with Gasteiger partial charge in [-0.25, -0.2) is 4.98 Å². The molecule has 0 aliphatic rings. The molecule has 0 fully saturated rings. The summed E-state index contributed by atoms with van der Waals surface area (Å²) >= 11 is 1.55. The molecular weight excluding hydrogens is 198 g/mol. The molecule has 0 radical (unpaired) electrons. The lowest BCUT2D eigenvalue weighted by Gasteiger charge is -2.18. The molecule has 0 aromatic carbocycles. The monoisotopic (exact) mass is 215 g/mol. The van der Waals surface area contributed by atoms with Gasteiger partial charge >= 0.3 is 0 Å². The Kier molecular flexibility index (Phi) is 4.86. The lowest BCUT2D eigenvalue weighted by atomic mass is 10.4. The second-order valence-corrected chi connectivity index (χ2v) is 4.17. The Morgan fingerprint density at radius 3 is 2.93 bits per heavy atom. The van der Waals surface area contributed by atoms with E-state index in [-0.39, 0.29) is 0 Å². The molecule has 0 amide bonds. The van der Waals surface area contributed by atoms with E-state index in [0.29, 0.717) is 5.13 Å². The fourth-order valence-electron chi connectivity index (χ4n) is 1.19. The minimum atomic E-state index is 0.641. The number of hydrogen-bond donors (Lipinski definition) is 1. The Labute approximate surface area is 88.7 Å². The lowest BCUT2D eigenvalue weighted by Crippen LogP contribution is -2.26. The summed E-state index contributed by atoms with van der Waals surface area (Å²) in [6.07, 6.45) is 1.84. The summed E-state index contributed by atoms with van der Waals surface area (Å²) in [4.78, 5) is 7.53. The van der Waals surface area contributed by atoms with Crippen molar-refractivity contribution in [3.63, 3.8) is 0 Å². The number of ether oxygens (including phenoxy) is 1. The van der Waals surface area contributed by atoms with Crippen LogP contribution >= 0.6 is 11.3 Å². The van der Waals surface area contributed by atoms with Gasteiger partial charge in [-0.15, -0.1) is 11.3 Å². The third-order valence-corrected chi connectivity index (χ3v) is 2.82. The van der Waals surface area contributed by atoms with Gasteiger partial charge in [-0.3, -0.25) is 4.90 Å². The standard InChI is InChI=1S/C9H17N3OS/c1-3-12(4-5-13-2)7-8-6-11-9(10)14-8/h6H,3-5,7H2,1-2H3,(H2,10,11). The van der Waals surface area contributed by atoms with Crippen molar-refractivity contribution in [3.05, 3.63) is 11.1 Å². The highest BCUT2D eigenvalue weighted by atomic mass is 32.1. The fourth-order valence-corrected chi connectivity index (χ4v) is 1.91. The van der Waals surface area contributed by atoms with Crippen molar-refractivity contribution in [1.29, 1.82) is 0 Å². The minimum absolute atomic E-state index is 0.641. The first kappa shape index (κ1) is 11.4. The molecule has 1 rings (SSSR count). The molecule has 4 nitrogen and oxygen atoms in total. The Hall–Kier alpha value is -0.650. The zero-order valence-corrected chi connectivity index (χ0v) is 9.51. The van der Waals surface area contributed by atoms with Crippen molar-refractivity contribution in [1.82, 2.24) is 9.88 Å². The van der Waals surface area contributed by atoms with E-state index in [2.05, 4.69) is 16.8 Å². The molecule has 14 heavy (non-hydrogen) atoms. The van der Waals surface area contributed by atoms with Crippen LogP contribution in [0.25, 0.3) is 0 Å². The summed E-state index contributed by atoms with van der Waals surface area (Å²) in [5, 5.41) is 0.641. The largest absolute Gasteiger partial charge is 0.383 e. The number of nitrogens with two attached hydrogens (primary N) is 1. The van der Waals surface area contributed by atoms with Gasteiger partial charge in [0.1, 0.15) is 0 Å². The molecule has 80 valence electrons. The van der Waals surface area contributed by atoms with E-state index in [0.717, 1.165) is 26.2 Å². The average molecular weight is 215 g/mol. The van der Waals surface area contributed by atoms with E-state index in [9.17, 15) is 0 Å². The molecule has 1 aromatic rings.